The van der Waals surface area contributed by atoms with Crippen molar-refractivity contribution >= 4 is 11.8 Å². The molecule has 2 amide bonds. The van der Waals surface area contributed by atoms with Crippen LogP contribution in [0.4, 0.5) is 0 Å². The highest BCUT2D eigenvalue weighted by Crippen LogP contribution is 2.13. The van der Waals surface area contributed by atoms with Gasteiger partial charge in [0.25, 0.3) is 0 Å². The zero-order valence-corrected chi connectivity index (χ0v) is 30.0. The van der Waals surface area contributed by atoms with Gasteiger partial charge in [0.15, 0.2) is 0 Å². The fourth-order valence-corrected chi connectivity index (χ4v) is 5.76. The molecule has 0 saturated carbocycles. The molecule has 6 heteroatoms. The summed E-state index contributed by atoms with van der Waals surface area (Å²) in [6.45, 7) is 11.5. The van der Waals surface area contributed by atoms with Crippen LogP contribution in [0.1, 0.15) is 188 Å². The van der Waals surface area contributed by atoms with Crippen LogP contribution in [0.15, 0.2) is 0 Å². The monoisotopic (exact) mass is 624 g/mol. The molecule has 0 aromatic carbocycles. The summed E-state index contributed by atoms with van der Waals surface area (Å²) in [6, 6.07) is 0. The molecule has 44 heavy (non-hydrogen) atoms. The third-order valence-electron chi connectivity index (χ3n) is 8.77. The maximum absolute atomic E-state index is 12.4. The molecule has 0 radical (unpaired) electrons. The Kier molecular flexibility index (Phi) is 35.4. The van der Waals surface area contributed by atoms with Crippen molar-refractivity contribution in [1.82, 2.24) is 15.5 Å². The van der Waals surface area contributed by atoms with Crippen LogP contribution in [0.2, 0.25) is 0 Å². The van der Waals surface area contributed by atoms with E-state index >= 15 is 0 Å². The van der Waals surface area contributed by atoms with Gasteiger partial charge >= 0.3 is 0 Å². The summed E-state index contributed by atoms with van der Waals surface area (Å²) in [6.07, 6.45) is 32.8. The van der Waals surface area contributed by atoms with E-state index in [0.29, 0.717) is 39.1 Å². The maximum Gasteiger partial charge on any atom is 0.221 e. The second-order valence-electron chi connectivity index (χ2n) is 13.0. The van der Waals surface area contributed by atoms with Gasteiger partial charge in [0, 0.05) is 52.2 Å². The van der Waals surface area contributed by atoms with Gasteiger partial charge in [-0.2, -0.15) is 0 Å². The van der Waals surface area contributed by atoms with Crippen LogP contribution in [0, 0.1) is 0 Å². The molecule has 0 aromatic rings. The number of hydrogen-bond donors (Lipinski definition) is 2. The van der Waals surface area contributed by atoms with E-state index in [1.54, 1.807) is 0 Å². The number of nitrogens with zero attached hydrogens (tertiary/aromatic N) is 1. The molecule has 0 aromatic heterocycles. The maximum atomic E-state index is 12.4. The first kappa shape index (κ1) is 42.9. The van der Waals surface area contributed by atoms with Crippen molar-refractivity contribution in [1.29, 1.82) is 0 Å². The van der Waals surface area contributed by atoms with E-state index < -0.39 is 0 Å². The van der Waals surface area contributed by atoms with Crippen LogP contribution in [0.25, 0.3) is 0 Å². The molecule has 0 fully saturated rings. The smallest absolute Gasteiger partial charge is 0.221 e. The van der Waals surface area contributed by atoms with Crippen molar-refractivity contribution in [3.05, 3.63) is 0 Å². The van der Waals surface area contributed by atoms with Crippen LogP contribution in [0.5, 0.6) is 0 Å². The van der Waals surface area contributed by atoms with E-state index in [0.717, 1.165) is 32.5 Å². The highest BCUT2D eigenvalue weighted by atomic mass is 16.5. The van der Waals surface area contributed by atoms with E-state index in [4.69, 9.17) is 4.74 Å². The van der Waals surface area contributed by atoms with Gasteiger partial charge in [-0.1, -0.05) is 155 Å². The average molecular weight is 624 g/mol. The first-order valence-electron chi connectivity index (χ1n) is 19.5. The lowest BCUT2D eigenvalue weighted by molar-refractivity contribution is -0.121. The number of carbonyl (C=O) groups excluding carboxylic acids is 2. The summed E-state index contributed by atoms with van der Waals surface area (Å²) in [7, 11) is 0. The van der Waals surface area contributed by atoms with E-state index in [1.807, 2.05) is 6.92 Å². The van der Waals surface area contributed by atoms with Gasteiger partial charge in [0.05, 0.1) is 6.61 Å². The lowest BCUT2D eigenvalue weighted by atomic mass is 10.1. The lowest BCUT2D eigenvalue weighted by Crippen LogP contribution is -2.36. The van der Waals surface area contributed by atoms with E-state index in [2.05, 4.69) is 29.4 Å². The minimum Gasteiger partial charge on any atom is -0.380 e. The predicted molar refractivity (Wildman–Crippen MR) is 190 cm³/mol. The van der Waals surface area contributed by atoms with Gasteiger partial charge < -0.3 is 20.3 Å². The predicted octanol–water partition coefficient (Wildman–Crippen LogP) is 9.74. The summed E-state index contributed by atoms with van der Waals surface area (Å²) in [5, 5.41) is 6.19. The standard InChI is InChI=1S/C38H77N3O3/c1-4-7-9-11-13-15-17-19-21-23-25-27-31-39-37(42)29-33-41(35-36-44-6-3)34-30-38(43)40-32-28-26-24-22-20-18-16-14-12-10-8-5-2/h4-36H2,1-3H3,(H,39,42)(H,40,43). The fourth-order valence-electron chi connectivity index (χ4n) is 5.76. The number of unbranched alkanes of at least 4 members (excludes halogenated alkanes) is 22. The second kappa shape index (κ2) is 36.3. The number of carbonyl (C=O) groups is 2. The number of hydrogen-bond acceptors (Lipinski definition) is 4. The third kappa shape index (κ3) is 33.7. The number of ether oxygens (including phenoxy) is 1. The number of nitrogens with one attached hydrogen (secondary N) is 2. The first-order chi connectivity index (χ1) is 21.6. The Morgan fingerprint density at radius 2 is 0.773 bits per heavy atom. The van der Waals surface area contributed by atoms with Crippen molar-refractivity contribution in [2.45, 2.75) is 188 Å². The van der Waals surface area contributed by atoms with Crippen LogP contribution in [0.3, 0.4) is 0 Å². The van der Waals surface area contributed by atoms with Crippen LogP contribution in [-0.2, 0) is 14.3 Å². The molecular formula is C38H77N3O3. The summed E-state index contributed by atoms with van der Waals surface area (Å²) >= 11 is 0. The highest BCUT2D eigenvalue weighted by molar-refractivity contribution is 5.76. The quantitative estimate of drug-likeness (QED) is 0.0682. The fraction of sp³-hybridized carbons (Fsp3) is 0.947. The van der Waals surface area contributed by atoms with Gasteiger partial charge in [0.2, 0.25) is 11.8 Å². The Balaban J connectivity index is 3.80. The van der Waals surface area contributed by atoms with Gasteiger partial charge in [-0.05, 0) is 19.8 Å². The molecule has 0 spiro atoms. The van der Waals surface area contributed by atoms with E-state index in [-0.39, 0.29) is 11.8 Å². The van der Waals surface area contributed by atoms with Gasteiger partial charge in [-0.3, -0.25) is 9.59 Å². The number of amides is 2. The molecule has 0 aliphatic carbocycles. The summed E-state index contributed by atoms with van der Waals surface area (Å²) < 4.78 is 5.54. The van der Waals surface area contributed by atoms with E-state index in [1.165, 1.54) is 141 Å². The Labute approximate surface area is 275 Å². The molecule has 0 rings (SSSR count). The highest BCUT2D eigenvalue weighted by Gasteiger charge is 2.11. The zero-order valence-electron chi connectivity index (χ0n) is 30.0. The average Bonchev–Trinajstić information content (AvgIpc) is 3.02. The van der Waals surface area contributed by atoms with E-state index in [9.17, 15) is 9.59 Å². The Bertz CT molecular complexity index is 556. The third-order valence-corrected chi connectivity index (χ3v) is 8.77. The van der Waals surface area contributed by atoms with Crippen LogP contribution < -0.4 is 10.6 Å². The summed E-state index contributed by atoms with van der Waals surface area (Å²) in [5.74, 6) is 0.233. The molecule has 0 heterocycles. The Morgan fingerprint density at radius 3 is 1.09 bits per heavy atom. The van der Waals surface area contributed by atoms with Gasteiger partial charge in [-0.15, -0.1) is 0 Å². The molecule has 2 N–H and O–H groups in total. The SMILES string of the molecule is CCCCCCCCCCCCCCNC(=O)CCN(CCOCC)CCC(=O)NCCCCCCCCCCCCCC. The van der Waals surface area contributed by atoms with Crippen molar-refractivity contribution in [2.75, 3.05) is 45.9 Å². The Morgan fingerprint density at radius 1 is 0.455 bits per heavy atom. The minimum atomic E-state index is 0.117. The molecule has 0 unspecified atom stereocenters. The number of rotatable bonds is 36. The normalized spacial score (nSPS) is 11.4. The molecular weight excluding hydrogens is 546 g/mol. The van der Waals surface area contributed by atoms with Crippen molar-refractivity contribution in [2.24, 2.45) is 0 Å². The molecule has 0 bridgehead atoms. The largest absolute Gasteiger partial charge is 0.380 e. The van der Waals surface area contributed by atoms with Gasteiger partial charge in [-0.25, -0.2) is 0 Å². The minimum absolute atomic E-state index is 0.117. The summed E-state index contributed by atoms with van der Waals surface area (Å²) in [4.78, 5) is 27.0. The molecule has 0 aliphatic heterocycles. The van der Waals surface area contributed by atoms with Crippen molar-refractivity contribution in [3.8, 4) is 0 Å². The molecule has 0 saturated heterocycles. The zero-order chi connectivity index (χ0) is 32.2. The Hall–Kier alpha value is -1.14. The molecule has 262 valence electrons. The van der Waals surface area contributed by atoms with Gasteiger partial charge in [0.1, 0.15) is 0 Å². The first-order valence-corrected chi connectivity index (χ1v) is 19.5. The molecule has 0 aliphatic rings. The lowest BCUT2D eigenvalue weighted by Gasteiger charge is -2.21. The van der Waals surface area contributed by atoms with Crippen molar-refractivity contribution in [3.63, 3.8) is 0 Å². The molecule has 0 atom stereocenters. The van der Waals surface area contributed by atoms with Crippen LogP contribution in [-0.4, -0.2) is 62.7 Å². The second-order valence-corrected chi connectivity index (χ2v) is 13.0. The molecule has 6 nitrogen and oxygen atoms in total. The van der Waals surface area contributed by atoms with Crippen molar-refractivity contribution < 1.29 is 14.3 Å². The summed E-state index contributed by atoms with van der Waals surface area (Å²) in [5.41, 5.74) is 0. The van der Waals surface area contributed by atoms with Crippen LogP contribution >= 0.6 is 0 Å². The topological polar surface area (TPSA) is 70.7 Å².